The molecule has 1 saturated heterocycles. The highest BCUT2D eigenvalue weighted by Gasteiger charge is 2.32. The van der Waals surface area contributed by atoms with E-state index in [2.05, 4.69) is 17.1 Å². The molecule has 1 aliphatic carbocycles. The molecule has 1 heterocycles. The van der Waals surface area contributed by atoms with Gasteiger partial charge in [-0.15, -0.1) is 0 Å². The predicted octanol–water partition coefficient (Wildman–Crippen LogP) is 2.00. The molecule has 1 aliphatic heterocycles. The molecule has 0 aromatic carbocycles. The normalized spacial score (nSPS) is 33.3. The van der Waals surface area contributed by atoms with Gasteiger partial charge in [-0.1, -0.05) is 13.3 Å². The molecule has 2 fully saturated rings. The van der Waals surface area contributed by atoms with Gasteiger partial charge in [-0.05, 0) is 57.5 Å². The van der Waals surface area contributed by atoms with E-state index in [0.29, 0.717) is 12.6 Å². The lowest BCUT2D eigenvalue weighted by Gasteiger charge is -2.30. The van der Waals surface area contributed by atoms with Crippen molar-refractivity contribution in [3.8, 4) is 0 Å². The maximum atomic E-state index is 9.13. The van der Waals surface area contributed by atoms with Gasteiger partial charge in [-0.3, -0.25) is 4.90 Å². The summed E-state index contributed by atoms with van der Waals surface area (Å²) in [5, 5.41) is 12.9. The Kier molecular flexibility index (Phi) is 5.93. The zero-order valence-corrected chi connectivity index (χ0v) is 11.9. The molecule has 3 unspecified atom stereocenters. The number of nitrogens with zero attached hydrogens (tertiary/aromatic N) is 1. The van der Waals surface area contributed by atoms with Crippen molar-refractivity contribution in [2.24, 2.45) is 5.92 Å². The third kappa shape index (κ3) is 3.69. The summed E-state index contributed by atoms with van der Waals surface area (Å²) >= 11 is 0. The predicted molar refractivity (Wildman–Crippen MR) is 75.7 cm³/mol. The monoisotopic (exact) mass is 254 g/mol. The maximum absolute atomic E-state index is 9.13. The van der Waals surface area contributed by atoms with Crippen molar-refractivity contribution in [3.05, 3.63) is 0 Å². The zero-order valence-electron chi connectivity index (χ0n) is 11.9. The standard InChI is InChI=1S/C15H30N2O/c1-2-9-16-15-7-3-5-13(15)12-17-10-4-6-14(17)8-11-18/h13-16,18H,2-12H2,1H3. The van der Waals surface area contributed by atoms with Gasteiger partial charge >= 0.3 is 0 Å². The van der Waals surface area contributed by atoms with E-state index < -0.39 is 0 Å². The number of hydrogen-bond acceptors (Lipinski definition) is 3. The first-order chi connectivity index (χ1) is 8.85. The Balaban J connectivity index is 1.80. The highest BCUT2D eigenvalue weighted by molar-refractivity contribution is 4.88. The summed E-state index contributed by atoms with van der Waals surface area (Å²) in [7, 11) is 0. The van der Waals surface area contributed by atoms with E-state index in [-0.39, 0.29) is 0 Å². The summed E-state index contributed by atoms with van der Waals surface area (Å²) in [5.74, 6) is 0.843. The molecule has 0 radical (unpaired) electrons. The molecule has 3 atom stereocenters. The van der Waals surface area contributed by atoms with Crippen LogP contribution in [-0.4, -0.2) is 48.3 Å². The lowest BCUT2D eigenvalue weighted by molar-refractivity contribution is 0.166. The largest absolute Gasteiger partial charge is 0.396 e. The van der Waals surface area contributed by atoms with Crippen LogP contribution in [-0.2, 0) is 0 Å². The lowest BCUT2D eigenvalue weighted by Crippen LogP contribution is -2.41. The Morgan fingerprint density at radius 1 is 1.22 bits per heavy atom. The van der Waals surface area contributed by atoms with Gasteiger partial charge in [0.05, 0.1) is 0 Å². The maximum Gasteiger partial charge on any atom is 0.0445 e. The van der Waals surface area contributed by atoms with Crippen LogP contribution in [0.5, 0.6) is 0 Å². The van der Waals surface area contributed by atoms with E-state index >= 15 is 0 Å². The molecule has 3 heteroatoms. The van der Waals surface area contributed by atoms with Crippen molar-refractivity contribution in [2.75, 3.05) is 26.2 Å². The number of likely N-dealkylation sites (tertiary alicyclic amines) is 1. The smallest absolute Gasteiger partial charge is 0.0445 e. The Labute approximate surface area is 112 Å². The average Bonchev–Trinajstić information content (AvgIpc) is 2.98. The first kappa shape index (κ1) is 14.3. The van der Waals surface area contributed by atoms with E-state index in [0.717, 1.165) is 18.4 Å². The summed E-state index contributed by atoms with van der Waals surface area (Å²) in [6.07, 6.45) is 8.97. The van der Waals surface area contributed by atoms with Crippen molar-refractivity contribution >= 4 is 0 Å². The summed E-state index contributed by atoms with van der Waals surface area (Å²) in [6, 6.07) is 1.41. The van der Waals surface area contributed by atoms with Crippen LogP contribution in [0.25, 0.3) is 0 Å². The van der Waals surface area contributed by atoms with Gasteiger partial charge in [-0.2, -0.15) is 0 Å². The molecule has 3 nitrogen and oxygen atoms in total. The summed E-state index contributed by atoms with van der Waals surface area (Å²) in [4.78, 5) is 2.65. The van der Waals surface area contributed by atoms with Crippen LogP contribution in [0.1, 0.15) is 51.9 Å². The van der Waals surface area contributed by atoms with Gasteiger partial charge in [0.1, 0.15) is 0 Å². The Bertz CT molecular complexity index is 235. The van der Waals surface area contributed by atoms with Crippen LogP contribution in [0.2, 0.25) is 0 Å². The Hall–Kier alpha value is -0.120. The van der Waals surface area contributed by atoms with Crippen molar-refractivity contribution in [1.29, 1.82) is 0 Å². The summed E-state index contributed by atoms with van der Waals surface area (Å²) < 4.78 is 0. The quantitative estimate of drug-likeness (QED) is 0.729. The fraction of sp³-hybridized carbons (Fsp3) is 1.00. The minimum atomic E-state index is 0.351. The van der Waals surface area contributed by atoms with Crippen LogP contribution < -0.4 is 5.32 Å². The second kappa shape index (κ2) is 7.46. The van der Waals surface area contributed by atoms with Crippen LogP contribution in [0.3, 0.4) is 0 Å². The first-order valence-corrected chi connectivity index (χ1v) is 7.93. The van der Waals surface area contributed by atoms with Gasteiger partial charge in [0.25, 0.3) is 0 Å². The molecule has 106 valence electrons. The van der Waals surface area contributed by atoms with Crippen LogP contribution in [0.4, 0.5) is 0 Å². The van der Waals surface area contributed by atoms with Gasteiger partial charge in [0, 0.05) is 25.2 Å². The zero-order chi connectivity index (χ0) is 12.8. The van der Waals surface area contributed by atoms with E-state index in [9.17, 15) is 0 Å². The first-order valence-electron chi connectivity index (χ1n) is 7.93. The minimum Gasteiger partial charge on any atom is -0.396 e. The second-order valence-electron chi connectivity index (χ2n) is 6.05. The van der Waals surface area contributed by atoms with E-state index in [1.807, 2.05) is 0 Å². The van der Waals surface area contributed by atoms with Gasteiger partial charge < -0.3 is 10.4 Å². The SMILES string of the molecule is CCCNC1CCCC1CN1CCCC1CCO. The van der Waals surface area contributed by atoms with E-state index in [1.54, 1.807) is 0 Å². The fourth-order valence-corrected chi connectivity index (χ4v) is 3.77. The average molecular weight is 254 g/mol. The highest BCUT2D eigenvalue weighted by atomic mass is 16.3. The van der Waals surface area contributed by atoms with Crippen molar-refractivity contribution < 1.29 is 5.11 Å². The highest BCUT2D eigenvalue weighted by Crippen LogP contribution is 2.29. The fourth-order valence-electron chi connectivity index (χ4n) is 3.77. The molecule has 0 spiro atoms. The molecule has 18 heavy (non-hydrogen) atoms. The van der Waals surface area contributed by atoms with Crippen molar-refractivity contribution in [3.63, 3.8) is 0 Å². The molecule has 2 aliphatic rings. The molecule has 2 rings (SSSR count). The number of aliphatic hydroxyl groups excluding tert-OH is 1. The topological polar surface area (TPSA) is 35.5 Å². The summed E-state index contributed by atoms with van der Waals surface area (Å²) in [6.45, 7) is 6.27. The number of rotatable bonds is 7. The van der Waals surface area contributed by atoms with E-state index in [1.165, 1.54) is 58.2 Å². The number of nitrogens with one attached hydrogen (secondary N) is 1. The molecule has 0 amide bonds. The van der Waals surface area contributed by atoms with Gasteiger partial charge in [0.2, 0.25) is 0 Å². The van der Waals surface area contributed by atoms with Crippen LogP contribution >= 0.6 is 0 Å². The number of hydrogen-bond donors (Lipinski definition) is 2. The van der Waals surface area contributed by atoms with Crippen LogP contribution in [0.15, 0.2) is 0 Å². The second-order valence-corrected chi connectivity index (χ2v) is 6.05. The van der Waals surface area contributed by atoms with Gasteiger partial charge in [0.15, 0.2) is 0 Å². The van der Waals surface area contributed by atoms with Gasteiger partial charge in [-0.25, -0.2) is 0 Å². The van der Waals surface area contributed by atoms with Crippen molar-refractivity contribution in [1.82, 2.24) is 10.2 Å². The number of aliphatic hydroxyl groups is 1. The molecule has 0 bridgehead atoms. The molecule has 1 saturated carbocycles. The molecule has 0 aromatic heterocycles. The third-order valence-corrected chi connectivity index (χ3v) is 4.75. The minimum absolute atomic E-state index is 0.351. The Morgan fingerprint density at radius 3 is 2.89 bits per heavy atom. The van der Waals surface area contributed by atoms with Crippen LogP contribution in [0, 0.1) is 5.92 Å². The molecular formula is C15H30N2O. The summed E-state index contributed by atoms with van der Waals surface area (Å²) in [5.41, 5.74) is 0. The molecule has 0 aromatic rings. The lowest BCUT2D eigenvalue weighted by atomic mass is 10.0. The molecular weight excluding hydrogens is 224 g/mol. The molecule has 2 N–H and O–H groups in total. The van der Waals surface area contributed by atoms with E-state index in [4.69, 9.17) is 5.11 Å². The third-order valence-electron chi connectivity index (χ3n) is 4.75. The Morgan fingerprint density at radius 2 is 2.11 bits per heavy atom. The van der Waals surface area contributed by atoms with Crippen molar-refractivity contribution in [2.45, 2.75) is 64.0 Å².